The zero-order valence-electron chi connectivity index (χ0n) is 9.44. The molecular formula is C10H12BrN5O. The molecule has 0 saturated carbocycles. The standard InChI is InChI=1S/C10H12BrN5O/c1-5(2)6(11)10(17)16-9-7-8(13-3-12-7)14-4-15-9/h3-6H,1-2H3,(H2,12,13,14,15,16,17). The highest BCUT2D eigenvalue weighted by Gasteiger charge is 2.20. The average Bonchev–Trinajstić information content (AvgIpc) is 2.76. The third-order valence-electron chi connectivity index (χ3n) is 2.30. The number of halogens is 1. The Morgan fingerprint density at radius 3 is 2.88 bits per heavy atom. The summed E-state index contributed by atoms with van der Waals surface area (Å²) in [6, 6.07) is 0. The van der Waals surface area contributed by atoms with Gasteiger partial charge in [-0.05, 0) is 5.92 Å². The first-order valence-electron chi connectivity index (χ1n) is 5.18. The predicted molar refractivity (Wildman–Crippen MR) is 67.9 cm³/mol. The first kappa shape index (κ1) is 12.0. The van der Waals surface area contributed by atoms with Crippen molar-refractivity contribution in [2.24, 2.45) is 5.92 Å². The molecule has 0 saturated heterocycles. The van der Waals surface area contributed by atoms with Crippen LogP contribution in [0.5, 0.6) is 0 Å². The van der Waals surface area contributed by atoms with Gasteiger partial charge in [-0.25, -0.2) is 15.0 Å². The number of carbonyl (C=O) groups is 1. The Labute approximate surface area is 106 Å². The average molecular weight is 298 g/mol. The smallest absolute Gasteiger partial charge is 0.239 e. The van der Waals surface area contributed by atoms with Crippen molar-refractivity contribution in [3.63, 3.8) is 0 Å². The van der Waals surface area contributed by atoms with Gasteiger partial charge in [0.2, 0.25) is 5.91 Å². The summed E-state index contributed by atoms with van der Waals surface area (Å²) >= 11 is 3.34. The monoisotopic (exact) mass is 297 g/mol. The number of aromatic amines is 1. The molecule has 0 aliphatic heterocycles. The summed E-state index contributed by atoms with van der Waals surface area (Å²) < 4.78 is 0. The molecule has 1 amide bonds. The highest BCUT2D eigenvalue weighted by Crippen LogP contribution is 2.18. The van der Waals surface area contributed by atoms with Gasteiger partial charge >= 0.3 is 0 Å². The Balaban J connectivity index is 2.24. The number of rotatable bonds is 3. The van der Waals surface area contributed by atoms with Crippen molar-refractivity contribution in [2.45, 2.75) is 18.7 Å². The zero-order chi connectivity index (χ0) is 12.4. The quantitative estimate of drug-likeness (QED) is 0.845. The second-order valence-electron chi connectivity index (χ2n) is 3.96. The van der Waals surface area contributed by atoms with Crippen LogP contribution >= 0.6 is 15.9 Å². The van der Waals surface area contributed by atoms with Gasteiger partial charge in [0, 0.05) is 0 Å². The molecule has 2 rings (SSSR count). The number of nitrogens with one attached hydrogen (secondary N) is 2. The second kappa shape index (κ2) is 4.79. The second-order valence-corrected chi connectivity index (χ2v) is 4.94. The summed E-state index contributed by atoms with van der Waals surface area (Å²) in [5.74, 6) is 0.520. The van der Waals surface area contributed by atoms with Crippen LogP contribution in [0.4, 0.5) is 5.82 Å². The van der Waals surface area contributed by atoms with Crippen LogP contribution in [-0.2, 0) is 4.79 Å². The van der Waals surface area contributed by atoms with Crippen molar-refractivity contribution in [1.82, 2.24) is 19.9 Å². The van der Waals surface area contributed by atoms with Crippen LogP contribution in [0.25, 0.3) is 11.2 Å². The van der Waals surface area contributed by atoms with Crippen LogP contribution in [0.2, 0.25) is 0 Å². The fraction of sp³-hybridized carbons (Fsp3) is 0.400. The van der Waals surface area contributed by atoms with Gasteiger partial charge in [0.15, 0.2) is 11.5 Å². The molecule has 0 aromatic carbocycles. The van der Waals surface area contributed by atoms with E-state index in [9.17, 15) is 4.79 Å². The zero-order valence-corrected chi connectivity index (χ0v) is 11.0. The normalized spacial score (nSPS) is 12.9. The Morgan fingerprint density at radius 1 is 1.41 bits per heavy atom. The van der Waals surface area contributed by atoms with Gasteiger partial charge in [-0.15, -0.1) is 0 Å². The molecule has 17 heavy (non-hydrogen) atoms. The lowest BCUT2D eigenvalue weighted by atomic mass is 10.1. The molecule has 2 N–H and O–H groups in total. The van der Waals surface area contributed by atoms with Crippen molar-refractivity contribution >= 4 is 38.8 Å². The summed E-state index contributed by atoms with van der Waals surface area (Å²) in [5, 5.41) is 2.74. The number of H-pyrrole nitrogens is 1. The van der Waals surface area contributed by atoms with Gasteiger partial charge in [0.25, 0.3) is 0 Å². The van der Waals surface area contributed by atoms with Crippen LogP contribution < -0.4 is 5.32 Å². The Morgan fingerprint density at radius 2 is 2.18 bits per heavy atom. The maximum atomic E-state index is 11.9. The number of nitrogens with zero attached hydrogens (tertiary/aromatic N) is 3. The highest BCUT2D eigenvalue weighted by atomic mass is 79.9. The van der Waals surface area contributed by atoms with E-state index in [4.69, 9.17) is 0 Å². The number of hydrogen-bond acceptors (Lipinski definition) is 4. The Bertz CT molecular complexity index is 538. The molecule has 0 spiro atoms. The van der Waals surface area contributed by atoms with Gasteiger partial charge in [-0.3, -0.25) is 4.79 Å². The van der Waals surface area contributed by atoms with Gasteiger partial charge in [0.05, 0.1) is 11.2 Å². The van der Waals surface area contributed by atoms with E-state index in [2.05, 4.69) is 41.2 Å². The van der Waals surface area contributed by atoms with Crippen LogP contribution in [0.15, 0.2) is 12.7 Å². The minimum absolute atomic E-state index is 0.130. The first-order valence-corrected chi connectivity index (χ1v) is 6.10. The van der Waals surface area contributed by atoms with Crippen LogP contribution in [0.1, 0.15) is 13.8 Å². The minimum Gasteiger partial charge on any atom is -0.340 e. The maximum absolute atomic E-state index is 11.9. The number of anilines is 1. The number of aromatic nitrogens is 4. The number of imidazole rings is 1. The van der Waals surface area contributed by atoms with Crippen molar-refractivity contribution in [3.05, 3.63) is 12.7 Å². The fourth-order valence-corrected chi connectivity index (χ4v) is 1.46. The lowest BCUT2D eigenvalue weighted by molar-refractivity contribution is -0.116. The van der Waals surface area contributed by atoms with E-state index in [1.165, 1.54) is 12.7 Å². The van der Waals surface area contributed by atoms with Gasteiger partial charge in [-0.2, -0.15) is 0 Å². The summed E-state index contributed by atoms with van der Waals surface area (Å²) in [7, 11) is 0. The van der Waals surface area contributed by atoms with E-state index in [0.717, 1.165) is 0 Å². The molecule has 1 atom stereocenters. The summed E-state index contributed by atoms with van der Waals surface area (Å²) in [6.45, 7) is 3.93. The number of alkyl halides is 1. The van der Waals surface area contributed by atoms with Crippen LogP contribution in [-0.4, -0.2) is 30.7 Å². The van der Waals surface area contributed by atoms with Gasteiger partial charge in [-0.1, -0.05) is 29.8 Å². The predicted octanol–water partition coefficient (Wildman–Crippen LogP) is 1.71. The van der Waals surface area contributed by atoms with Gasteiger partial charge in [0.1, 0.15) is 11.8 Å². The highest BCUT2D eigenvalue weighted by molar-refractivity contribution is 9.10. The molecule has 0 radical (unpaired) electrons. The number of carbonyl (C=O) groups excluding carboxylic acids is 1. The van der Waals surface area contributed by atoms with E-state index < -0.39 is 0 Å². The maximum Gasteiger partial charge on any atom is 0.239 e. The lowest BCUT2D eigenvalue weighted by Gasteiger charge is -2.13. The van der Waals surface area contributed by atoms with Crippen molar-refractivity contribution in [3.8, 4) is 0 Å². The lowest BCUT2D eigenvalue weighted by Crippen LogP contribution is -2.27. The largest absolute Gasteiger partial charge is 0.340 e. The SMILES string of the molecule is CC(C)C(Br)C(=O)Nc1ncnc2nc[nH]c12. The molecule has 2 heterocycles. The van der Waals surface area contributed by atoms with E-state index in [-0.39, 0.29) is 16.7 Å². The molecule has 1 unspecified atom stereocenters. The molecule has 2 aromatic rings. The Kier molecular flexibility index (Phi) is 3.37. The minimum atomic E-state index is -0.254. The molecule has 6 nitrogen and oxygen atoms in total. The molecule has 0 aliphatic carbocycles. The third-order valence-corrected chi connectivity index (χ3v) is 3.77. The molecule has 0 fully saturated rings. The molecule has 0 bridgehead atoms. The fourth-order valence-electron chi connectivity index (χ4n) is 1.35. The first-order chi connectivity index (χ1) is 8.09. The molecule has 7 heteroatoms. The topological polar surface area (TPSA) is 83.6 Å². The van der Waals surface area contributed by atoms with E-state index >= 15 is 0 Å². The van der Waals surface area contributed by atoms with Crippen LogP contribution in [0.3, 0.4) is 0 Å². The summed E-state index contributed by atoms with van der Waals surface area (Å²) in [5.41, 5.74) is 1.16. The molecule has 0 aliphatic rings. The summed E-state index contributed by atoms with van der Waals surface area (Å²) in [6.07, 6.45) is 2.89. The third kappa shape index (κ3) is 2.44. The molecule has 90 valence electrons. The number of fused-ring (bicyclic) bond motifs is 1. The number of hydrogen-bond donors (Lipinski definition) is 2. The Hall–Kier alpha value is -1.50. The summed E-state index contributed by atoms with van der Waals surface area (Å²) in [4.78, 5) is 26.5. The van der Waals surface area contributed by atoms with Gasteiger partial charge < -0.3 is 10.3 Å². The van der Waals surface area contributed by atoms with E-state index in [1.807, 2.05) is 13.8 Å². The number of amides is 1. The van der Waals surface area contributed by atoms with Crippen LogP contribution in [0, 0.1) is 5.92 Å². The van der Waals surface area contributed by atoms with E-state index in [0.29, 0.717) is 17.0 Å². The van der Waals surface area contributed by atoms with Crippen molar-refractivity contribution in [1.29, 1.82) is 0 Å². The van der Waals surface area contributed by atoms with Crippen molar-refractivity contribution in [2.75, 3.05) is 5.32 Å². The molecule has 2 aromatic heterocycles. The molecular weight excluding hydrogens is 286 g/mol. The van der Waals surface area contributed by atoms with Crippen molar-refractivity contribution < 1.29 is 4.79 Å². The van der Waals surface area contributed by atoms with E-state index in [1.54, 1.807) is 0 Å².